The zero-order chi connectivity index (χ0) is 16.0. The minimum absolute atomic E-state index is 0.0801. The molecule has 0 saturated carbocycles. The number of benzene rings is 2. The zero-order valence-corrected chi connectivity index (χ0v) is 12.4. The van der Waals surface area contributed by atoms with Crippen LogP contribution < -0.4 is 0 Å². The van der Waals surface area contributed by atoms with Crippen LogP contribution in [0.2, 0.25) is 5.02 Å². The molecule has 2 aromatic heterocycles. The molecule has 0 fully saturated rings. The third-order valence-corrected chi connectivity index (χ3v) is 3.96. The van der Waals surface area contributed by atoms with Crippen molar-refractivity contribution in [1.29, 1.82) is 0 Å². The third-order valence-electron chi connectivity index (χ3n) is 3.73. The van der Waals surface area contributed by atoms with Crippen LogP contribution in [0.15, 0.2) is 54.9 Å². The molecule has 0 saturated heterocycles. The van der Waals surface area contributed by atoms with E-state index >= 15 is 0 Å². The molecule has 0 spiro atoms. The van der Waals surface area contributed by atoms with Crippen LogP contribution in [0.1, 0.15) is 0 Å². The first-order valence-corrected chi connectivity index (χ1v) is 7.19. The molecule has 0 N–H and O–H groups in total. The van der Waals surface area contributed by atoms with Crippen molar-refractivity contribution < 1.29 is 4.92 Å². The molecular weight excluding hydrogens is 316 g/mol. The highest BCUT2D eigenvalue weighted by molar-refractivity contribution is 6.31. The second-order valence-corrected chi connectivity index (χ2v) is 5.47. The summed E-state index contributed by atoms with van der Waals surface area (Å²) in [5, 5.41) is 20.7. The van der Waals surface area contributed by atoms with Crippen molar-refractivity contribution in [3.8, 4) is 11.1 Å². The van der Waals surface area contributed by atoms with Crippen LogP contribution in [0.4, 0.5) is 5.69 Å². The highest BCUT2D eigenvalue weighted by Gasteiger charge is 2.26. The largest absolute Gasteiger partial charge is 0.322 e. The van der Waals surface area contributed by atoms with E-state index in [0.717, 1.165) is 11.1 Å². The van der Waals surface area contributed by atoms with E-state index in [9.17, 15) is 10.1 Å². The maximum absolute atomic E-state index is 11.7. The van der Waals surface area contributed by atoms with Gasteiger partial charge in [0.15, 0.2) is 0 Å². The van der Waals surface area contributed by atoms with Gasteiger partial charge in [-0.05, 0) is 23.8 Å². The van der Waals surface area contributed by atoms with Crippen LogP contribution >= 0.6 is 11.6 Å². The predicted molar refractivity (Wildman–Crippen MR) is 87.6 cm³/mol. The van der Waals surface area contributed by atoms with Crippen LogP contribution in [-0.2, 0) is 0 Å². The Hall–Kier alpha value is -2.99. The number of fused-ring (bicyclic) bond motifs is 3. The van der Waals surface area contributed by atoms with Crippen LogP contribution in [-0.4, -0.2) is 19.5 Å². The van der Waals surface area contributed by atoms with Gasteiger partial charge >= 0.3 is 5.69 Å². The maximum atomic E-state index is 11.7. The number of hydrogen-bond donors (Lipinski definition) is 0. The van der Waals surface area contributed by atoms with Crippen molar-refractivity contribution in [3.63, 3.8) is 0 Å². The molecule has 4 aromatic rings. The third kappa shape index (κ3) is 2.03. The zero-order valence-electron chi connectivity index (χ0n) is 11.7. The molecule has 0 radical (unpaired) electrons. The fraction of sp³-hybridized carbons (Fsp3) is 0. The number of halogens is 1. The Morgan fingerprint density at radius 3 is 2.65 bits per heavy atom. The van der Waals surface area contributed by atoms with Crippen LogP contribution in [0, 0.1) is 10.1 Å². The molecule has 0 unspecified atom stereocenters. The molecule has 6 nitrogen and oxygen atoms in total. The minimum Gasteiger partial charge on any atom is -0.276 e. The summed E-state index contributed by atoms with van der Waals surface area (Å²) in [6.07, 6.45) is 1.47. The number of rotatable bonds is 2. The van der Waals surface area contributed by atoms with E-state index in [1.54, 1.807) is 16.5 Å². The van der Waals surface area contributed by atoms with Crippen LogP contribution in [0.3, 0.4) is 0 Å². The number of nitrogens with zero attached hydrogens (tertiary/aromatic N) is 4. The summed E-state index contributed by atoms with van der Waals surface area (Å²) >= 11 is 6.12. The molecule has 2 heterocycles. The van der Waals surface area contributed by atoms with E-state index in [2.05, 4.69) is 10.2 Å². The highest BCUT2D eigenvalue weighted by atomic mass is 35.5. The SMILES string of the molecule is O=[N+]([O-])c1c(-c2ccccc2)c2cc(Cl)ccc2n2cnnc12. The lowest BCUT2D eigenvalue weighted by Crippen LogP contribution is -2.00. The second kappa shape index (κ2) is 5.03. The van der Waals surface area contributed by atoms with E-state index in [-0.39, 0.29) is 11.3 Å². The first-order valence-electron chi connectivity index (χ1n) is 6.81. The average Bonchev–Trinajstić information content (AvgIpc) is 3.03. The Balaban J connectivity index is 2.30. The number of hydrogen-bond acceptors (Lipinski definition) is 4. The molecule has 0 aliphatic rings. The van der Waals surface area contributed by atoms with Crippen LogP contribution in [0.5, 0.6) is 0 Å². The lowest BCUT2D eigenvalue weighted by molar-refractivity contribution is -0.382. The van der Waals surface area contributed by atoms with Crippen molar-refractivity contribution >= 4 is 33.8 Å². The number of nitro groups is 1. The quantitative estimate of drug-likeness (QED) is 0.411. The topological polar surface area (TPSA) is 73.3 Å². The van der Waals surface area contributed by atoms with Crippen molar-refractivity contribution in [1.82, 2.24) is 14.6 Å². The fourth-order valence-corrected chi connectivity index (χ4v) is 2.97. The van der Waals surface area contributed by atoms with Gasteiger partial charge in [0.2, 0.25) is 5.65 Å². The first kappa shape index (κ1) is 13.7. The van der Waals surface area contributed by atoms with Crippen molar-refractivity contribution in [3.05, 3.63) is 70.0 Å². The Kier molecular flexibility index (Phi) is 2.99. The minimum atomic E-state index is -0.424. The fourth-order valence-electron chi connectivity index (χ4n) is 2.80. The summed E-state index contributed by atoms with van der Waals surface area (Å²) in [6, 6.07) is 14.5. The normalized spacial score (nSPS) is 11.2. The Labute approximate surface area is 135 Å². The van der Waals surface area contributed by atoms with Gasteiger partial charge in [-0.1, -0.05) is 41.9 Å². The standard InChI is InChI=1S/C16H9ClN4O2/c17-11-6-7-13-12(8-11)14(10-4-2-1-3-5-10)15(21(22)23)16-19-18-9-20(13)16/h1-9H. The van der Waals surface area contributed by atoms with Gasteiger partial charge in [-0.3, -0.25) is 14.5 Å². The van der Waals surface area contributed by atoms with Gasteiger partial charge in [0, 0.05) is 10.4 Å². The van der Waals surface area contributed by atoms with Gasteiger partial charge in [-0.2, -0.15) is 0 Å². The number of pyridine rings is 1. The van der Waals surface area contributed by atoms with Crippen molar-refractivity contribution in [2.24, 2.45) is 0 Å². The average molecular weight is 325 g/mol. The first-order chi connectivity index (χ1) is 11.2. The monoisotopic (exact) mass is 324 g/mol. The highest BCUT2D eigenvalue weighted by Crippen LogP contribution is 2.40. The summed E-state index contributed by atoms with van der Waals surface area (Å²) in [4.78, 5) is 11.3. The van der Waals surface area contributed by atoms with Gasteiger partial charge in [0.25, 0.3) is 0 Å². The Morgan fingerprint density at radius 1 is 1.13 bits per heavy atom. The molecule has 0 bridgehead atoms. The Morgan fingerprint density at radius 2 is 1.91 bits per heavy atom. The van der Waals surface area contributed by atoms with Crippen molar-refractivity contribution in [2.75, 3.05) is 0 Å². The maximum Gasteiger partial charge on any atom is 0.322 e. The lowest BCUT2D eigenvalue weighted by atomic mass is 9.99. The molecule has 2 aromatic carbocycles. The van der Waals surface area contributed by atoms with Crippen LogP contribution in [0.25, 0.3) is 27.7 Å². The Bertz CT molecular complexity index is 1060. The van der Waals surface area contributed by atoms with E-state index < -0.39 is 4.92 Å². The summed E-state index contributed by atoms with van der Waals surface area (Å²) in [5.41, 5.74) is 2.12. The van der Waals surface area contributed by atoms with Crippen molar-refractivity contribution in [2.45, 2.75) is 0 Å². The summed E-state index contributed by atoms with van der Waals surface area (Å²) in [6.45, 7) is 0. The molecule has 0 aliphatic carbocycles. The molecule has 23 heavy (non-hydrogen) atoms. The lowest BCUT2D eigenvalue weighted by Gasteiger charge is -2.10. The second-order valence-electron chi connectivity index (χ2n) is 5.03. The molecule has 112 valence electrons. The van der Waals surface area contributed by atoms with Gasteiger partial charge in [-0.25, -0.2) is 0 Å². The van der Waals surface area contributed by atoms with Gasteiger partial charge < -0.3 is 0 Å². The van der Waals surface area contributed by atoms with Gasteiger partial charge in [0.05, 0.1) is 16.0 Å². The molecule has 0 atom stereocenters. The molecule has 4 rings (SSSR count). The van der Waals surface area contributed by atoms with E-state index in [0.29, 0.717) is 16.0 Å². The van der Waals surface area contributed by atoms with Gasteiger partial charge in [0.1, 0.15) is 6.33 Å². The summed E-state index contributed by atoms with van der Waals surface area (Å²) < 4.78 is 1.61. The predicted octanol–water partition coefficient (Wildman–Crippen LogP) is 4.11. The number of aromatic nitrogens is 3. The molecule has 0 aliphatic heterocycles. The summed E-state index contributed by atoms with van der Waals surface area (Å²) in [7, 11) is 0. The molecule has 7 heteroatoms. The van der Waals surface area contributed by atoms with E-state index in [4.69, 9.17) is 11.6 Å². The smallest absolute Gasteiger partial charge is 0.276 e. The van der Waals surface area contributed by atoms with Gasteiger partial charge in [-0.15, -0.1) is 10.2 Å². The van der Waals surface area contributed by atoms with E-state index in [1.807, 2.05) is 36.4 Å². The molecular formula is C16H9ClN4O2. The van der Waals surface area contributed by atoms with E-state index in [1.165, 1.54) is 6.33 Å². The molecule has 0 amide bonds. The summed E-state index contributed by atoms with van der Waals surface area (Å²) in [5.74, 6) is 0.